The van der Waals surface area contributed by atoms with Crippen molar-refractivity contribution in [2.24, 2.45) is 0 Å². The maximum atomic E-state index is 13.9. The molecule has 1 atom stereocenters. The van der Waals surface area contributed by atoms with E-state index < -0.39 is 12.0 Å². The van der Waals surface area contributed by atoms with E-state index in [1.165, 1.54) is 19.3 Å². The summed E-state index contributed by atoms with van der Waals surface area (Å²) >= 11 is 0. The van der Waals surface area contributed by atoms with Crippen LogP contribution in [0.1, 0.15) is 66.1 Å². The third-order valence-corrected chi connectivity index (χ3v) is 9.84. The third-order valence-electron chi connectivity index (χ3n) is 9.84. The van der Waals surface area contributed by atoms with Crippen molar-refractivity contribution < 1.29 is 19.1 Å². The number of fused-ring (bicyclic) bond motifs is 1. The minimum atomic E-state index is -0.779. The fourth-order valence-electron chi connectivity index (χ4n) is 6.64. The van der Waals surface area contributed by atoms with Crippen LogP contribution >= 0.6 is 0 Å². The first kappa shape index (κ1) is 38.5. The molecule has 0 aliphatic rings. The van der Waals surface area contributed by atoms with Crippen LogP contribution in [0, 0.1) is 0 Å². The van der Waals surface area contributed by atoms with E-state index in [9.17, 15) is 14.4 Å². The zero-order valence-corrected chi connectivity index (χ0v) is 31.7. The summed E-state index contributed by atoms with van der Waals surface area (Å²) in [5.74, 6) is -0.557. The summed E-state index contributed by atoms with van der Waals surface area (Å²) in [7, 11) is 1.78. The molecule has 0 spiro atoms. The quantitative estimate of drug-likeness (QED) is 0.0554. The second-order valence-electron chi connectivity index (χ2n) is 13.9. The summed E-state index contributed by atoms with van der Waals surface area (Å²) in [6, 6.07) is 45.5. The Kier molecular flexibility index (Phi) is 13.5. The number of amides is 2. The Balaban J connectivity index is 1.18. The van der Waals surface area contributed by atoms with E-state index in [2.05, 4.69) is 23.6 Å². The number of nitrogens with one attached hydrogen (secondary N) is 2. The molecule has 55 heavy (non-hydrogen) atoms. The molecule has 7 heteroatoms. The topological polar surface area (TPSA) is 87.7 Å². The molecule has 0 fully saturated rings. The molecule has 0 unspecified atom stereocenters. The molecular weight excluding hydrogens is 683 g/mol. The SMILES string of the molecule is CCCCCCCNC(=O)N(C)c1cccc(-c2ccc(C[C@H](Nc3ccccc3C(=O)c3ccccc3)C(=O)OCc3ccc4ccccc4c3)cc2)c1. The molecule has 6 aromatic carbocycles. The van der Waals surface area contributed by atoms with Gasteiger partial charge in [0.25, 0.3) is 0 Å². The van der Waals surface area contributed by atoms with E-state index in [1.54, 1.807) is 30.1 Å². The van der Waals surface area contributed by atoms with Gasteiger partial charge in [0.05, 0.1) is 0 Å². The van der Waals surface area contributed by atoms with E-state index in [0.717, 1.165) is 51.6 Å². The van der Waals surface area contributed by atoms with E-state index in [0.29, 0.717) is 29.8 Å². The van der Waals surface area contributed by atoms with Gasteiger partial charge in [-0.25, -0.2) is 9.59 Å². The Hall–Kier alpha value is -6.21. The zero-order chi connectivity index (χ0) is 38.4. The number of ketones is 1. The van der Waals surface area contributed by atoms with E-state index >= 15 is 0 Å². The fraction of sp³-hybridized carbons (Fsp3) is 0.229. The van der Waals surface area contributed by atoms with Gasteiger partial charge in [-0.05, 0) is 69.8 Å². The number of carbonyl (C=O) groups is 3. The molecule has 0 aromatic heterocycles. The molecule has 6 rings (SSSR count). The maximum absolute atomic E-state index is 13.9. The van der Waals surface area contributed by atoms with E-state index in [-0.39, 0.29) is 18.4 Å². The molecule has 0 radical (unpaired) electrons. The largest absolute Gasteiger partial charge is 0.459 e. The summed E-state index contributed by atoms with van der Waals surface area (Å²) in [5, 5.41) is 8.61. The number of ether oxygens (including phenoxy) is 1. The van der Waals surface area contributed by atoms with Gasteiger partial charge in [0.15, 0.2) is 5.78 Å². The minimum absolute atomic E-state index is 0.118. The first-order valence-electron chi connectivity index (χ1n) is 19.2. The number of benzene rings is 6. The van der Waals surface area contributed by atoms with Crippen LogP contribution < -0.4 is 15.5 Å². The predicted molar refractivity (Wildman–Crippen MR) is 224 cm³/mol. The zero-order valence-electron chi connectivity index (χ0n) is 31.7. The van der Waals surface area contributed by atoms with E-state index in [1.807, 2.05) is 121 Å². The molecule has 7 nitrogen and oxygen atoms in total. The highest BCUT2D eigenvalue weighted by atomic mass is 16.5. The fourth-order valence-corrected chi connectivity index (χ4v) is 6.64. The van der Waals surface area contributed by atoms with Gasteiger partial charge < -0.3 is 15.4 Å². The molecular formula is C48H49N3O4. The number of nitrogens with zero attached hydrogens (tertiary/aromatic N) is 1. The van der Waals surface area contributed by atoms with Gasteiger partial charge >= 0.3 is 12.0 Å². The Morgan fingerprint density at radius 3 is 2.16 bits per heavy atom. The molecule has 2 amide bonds. The van der Waals surface area contributed by atoms with E-state index in [4.69, 9.17) is 4.74 Å². The number of unbranched alkanes of at least 4 members (excludes halogenated alkanes) is 4. The minimum Gasteiger partial charge on any atom is -0.459 e. The normalized spacial score (nSPS) is 11.5. The number of hydrogen-bond acceptors (Lipinski definition) is 5. The number of esters is 1. The van der Waals surface area contributed by atoms with Crippen LogP contribution in [-0.2, 0) is 22.6 Å². The van der Waals surface area contributed by atoms with Crippen molar-refractivity contribution in [1.82, 2.24) is 5.32 Å². The average Bonchev–Trinajstić information content (AvgIpc) is 3.24. The number of anilines is 2. The summed E-state index contributed by atoms with van der Waals surface area (Å²) in [5.41, 5.74) is 6.16. The van der Waals surface area contributed by atoms with Gasteiger partial charge in [-0.15, -0.1) is 0 Å². The third kappa shape index (κ3) is 10.5. The lowest BCUT2D eigenvalue weighted by atomic mass is 9.98. The second-order valence-corrected chi connectivity index (χ2v) is 13.9. The molecule has 280 valence electrons. The molecule has 2 N–H and O–H groups in total. The Morgan fingerprint density at radius 1 is 0.655 bits per heavy atom. The van der Waals surface area contributed by atoms with Crippen molar-refractivity contribution in [3.05, 3.63) is 168 Å². The van der Waals surface area contributed by atoms with Gasteiger partial charge in [0.2, 0.25) is 0 Å². The molecule has 0 aliphatic heterocycles. The molecule has 6 aromatic rings. The lowest BCUT2D eigenvalue weighted by Gasteiger charge is -2.21. The Labute approximate surface area is 324 Å². The van der Waals surface area contributed by atoms with Gasteiger partial charge in [-0.1, -0.05) is 148 Å². The summed E-state index contributed by atoms with van der Waals surface area (Å²) in [4.78, 5) is 42.0. The highest BCUT2D eigenvalue weighted by Gasteiger charge is 2.24. The highest BCUT2D eigenvalue weighted by molar-refractivity contribution is 6.12. The van der Waals surface area contributed by atoms with Crippen LogP contribution in [0.15, 0.2) is 146 Å². The second kappa shape index (κ2) is 19.2. The van der Waals surface area contributed by atoms with Crippen molar-refractivity contribution in [1.29, 1.82) is 0 Å². The van der Waals surface area contributed by atoms with Crippen LogP contribution in [0.4, 0.5) is 16.2 Å². The average molecular weight is 732 g/mol. The van der Waals surface area contributed by atoms with Gasteiger partial charge in [-0.3, -0.25) is 9.69 Å². The van der Waals surface area contributed by atoms with Gasteiger partial charge in [-0.2, -0.15) is 0 Å². The summed E-state index contributed by atoms with van der Waals surface area (Å²) in [6.07, 6.45) is 6.04. The van der Waals surface area contributed by atoms with Crippen LogP contribution in [0.3, 0.4) is 0 Å². The number of hydrogen-bond donors (Lipinski definition) is 2. The van der Waals surface area contributed by atoms with Gasteiger partial charge in [0.1, 0.15) is 12.6 Å². The molecule has 0 heterocycles. The van der Waals surface area contributed by atoms with Crippen LogP contribution in [0.2, 0.25) is 0 Å². The van der Waals surface area contributed by atoms with Crippen LogP contribution in [-0.4, -0.2) is 37.4 Å². The predicted octanol–water partition coefficient (Wildman–Crippen LogP) is 10.6. The maximum Gasteiger partial charge on any atom is 0.329 e. The van der Waals surface area contributed by atoms with Crippen molar-refractivity contribution in [2.75, 3.05) is 23.8 Å². The van der Waals surface area contributed by atoms with Crippen molar-refractivity contribution in [3.63, 3.8) is 0 Å². The van der Waals surface area contributed by atoms with Crippen LogP contribution in [0.5, 0.6) is 0 Å². The smallest absolute Gasteiger partial charge is 0.329 e. The first-order chi connectivity index (χ1) is 26.9. The van der Waals surface area contributed by atoms with Crippen molar-refractivity contribution in [3.8, 4) is 11.1 Å². The number of carbonyl (C=O) groups excluding carboxylic acids is 3. The van der Waals surface area contributed by atoms with Crippen molar-refractivity contribution in [2.45, 2.75) is 58.1 Å². The Morgan fingerprint density at radius 2 is 1.36 bits per heavy atom. The lowest BCUT2D eigenvalue weighted by molar-refractivity contribution is -0.145. The summed E-state index contributed by atoms with van der Waals surface area (Å²) in [6.45, 7) is 2.98. The number of urea groups is 1. The molecule has 0 bridgehead atoms. The monoisotopic (exact) mass is 731 g/mol. The molecule has 0 aliphatic carbocycles. The van der Waals surface area contributed by atoms with Gasteiger partial charge in [0, 0.05) is 42.5 Å². The van der Waals surface area contributed by atoms with Crippen LogP contribution in [0.25, 0.3) is 21.9 Å². The van der Waals surface area contributed by atoms with Crippen molar-refractivity contribution >= 4 is 39.9 Å². The molecule has 0 saturated heterocycles. The molecule has 0 saturated carbocycles. The summed E-state index contributed by atoms with van der Waals surface area (Å²) < 4.78 is 5.94. The highest BCUT2D eigenvalue weighted by Crippen LogP contribution is 2.27. The first-order valence-corrected chi connectivity index (χ1v) is 19.2. The number of para-hydroxylation sites is 1. The Bertz CT molecular complexity index is 2200. The lowest BCUT2D eigenvalue weighted by Crippen LogP contribution is -2.37. The number of rotatable bonds is 17. The standard InChI is InChI=1S/C48H49N3O4/c1-3-4-5-6-14-30-49-48(54)51(2)42-21-15-20-41(33-42)38-27-24-35(25-28-38)32-45(47(53)55-34-36-26-29-37-16-10-11-19-40(37)31-36)50-44-23-13-12-22-43(44)46(52)39-17-8-7-9-18-39/h7-13,15-29,31,33,45,50H,3-6,14,30,32,34H2,1-2H3,(H,49,54)/t45-/m0/s1.